The summed E-state index contributed by atoms with van der Waals surface area (Å²) < 4.78 is 11.5. The van der Waals surface area contributed by atoms with E-state index in [4.69, 9.17) is 15.2 Å². The fourth-order valence-corrected chi connectivity index (χ4v) is 3.15. The summed E-state index contributed by atoms with van der Waals surface area (Å²) in [5.74, 6) is 2.24. The molecule has 3 nitrogen and oxygen atoms in total. The van der Waals surface area contributed by atoms with Crippen LogP contribution < -0.4 is 5.73 Å². The highest BCUT2D eigenvalue weighted by Crippen LogP contribution is 2.31. The minimum atomic E-state index is 0.250. The fraction of sp³-hybridized carbons (Fsp3) is 1.00. The lowest BCUT2D eigenvalue weighted by molar-refractivity contribution is -0.0428. The molecule has 0 radical (unpaired) electrons. The van der Waals surface area contributed by atoms with E-state index in [0.29, 0.717) is 5.92 Å². The molecule has 1 saturated heterocycles. The average Bonchev–Trinajstić information content (AvgIpc) is 2.38. The molecule has 3 atom stereocenters. The van der Waals surface area contributed by atoms with E-state index in [0.717, 1.165) is 57.3 Å². The Morgan fingerprint density at radius 3 is 2.56 bits per heavy atom. The van der Waals surface area contributed by atoms with Crippen LogP contribution in [0.15, 0.2) is 0 Å². The molecule has 1 saturated carbocycles. The first-order chi connectivity index (χ1) is 8.66. The third kappa shape index (κ3) is 3.94. The van der Waals surface area contributed by atoms with Gasteiger partial charge in [-0.1, -0.05) is 13.8 Å². The predicted molar refractivity (Wildman–Crippen MR) is 73.4 cm³/mol. The summed E-state index contributed by atoms with van der Waals surface area (Å²) in [6, 6.07) is 0.250. The average molecular weight is 255 g/mol. The molecule has 3 unspecified atom stereocenters. The van der Waals surface area contributed by atoms with Crippen LogP contribution in [-0.2, 0) is 9.47 Å². The van der Waals surface area contributed by atoms with Gasteiger partial charge in [0.2, 0.25) is 0 Å². The molecule has 2 fully saturated rings. The van der Waals surface area contributed by atoms with E-state index in [-0.39, 0.29) is 12.1 Å². The molecule has 1 aliphatic carbocycles. The van der Waals surface area contributed by atoms with E-state index >= 15 is 0 Å². The van der Waals surface area contributed by atoms with Gasteiger partial charge in [-0.2, -0.15) is 0 Å². The summed E-state index contributed by atoms with van der Waals surface area (Å²) in [6.45, 7) is 7.32. The minimum absolute atomic E-state index is 0.250. The monoisotopic (exact) mass is 255 g/mol. The highest BCUT2D eigenvalue weighted by molar-refractivity contribution is 4.85. The van der Waals surface area contributed by atoms with Crippen LogP contribution in [0.4, 0.5) is 0 Å². The molecule has 1 aliphatic heterocycles. The van der Waals surface area contributed by atoms with Crippen molar-refractivity contribution in [1.82, 2.24) is 0 Å². The lowest BCUT2D eigenvalue weighted by Gasteiger charge is -2.36. The standard InChI is InChI=1S/C15H29NO2/c1-11(2)13-3-4-14(16)15(9-13)18-10-12-5-7-17-8-6-12/h11-15H,3-10,16H2,1-2H3. The van der Waals surface area contributed by atoms with Crippen molar-refractivity contribution in [2.75, 3.05) is 19.8 Å². The van der Waals surface area contributed by atoms with Crippen molar-refractivity contribution in [3.63, 3.8) is 0 Å². The van der Waals surface area contributed by atoms with Crippen LogP contribution in [-0.4, -0.2) is 32.0 Å². The van der Waals surface area contributed by atoms with Crippen LogP contribution in [0.25, 0.3) is 0 Å². The van der Waals surface area contributed by atoms with Crippen molar-refractivity contribution in [3.05, 3.63) is 0 Å². The maximum atomic E-state index is 6.21. The summed E-state index contributed by atoms with van der Waals surface area (Å²) in [5.41, 5.74) is 6.21. The van der Waals surface area contributed by atoms with Crippen molar-refractivity contribution in [2.45, 2.75) is 58.1 Å². The van der Waals surface area contributed by atoms with Gasteiger partial charge in [0.15, 0.2) is 0 Å². The lowest BCUT2D eigenvalue weighted by Crippen LogP contribution is -2.43. The second kappa shape index (κ2) is 6.88. The highest BCUT2D eigenvalue weighted by atomic mass is 16.5. The zero-order valence-corrected chi connectivity index (χ0v) is 11.9. The molecule has 0 aromatic carbocycles. The Morgan fingerprint density at radius 2 is 1.89 bits per heavy atom. The highest BCUT2D eigenvalue weighted by Gasteiger charge is 2.30. The molecule has 2 rings (SSSR count). The van der Waals surface area contributed by atoms with Gasteiger partial charge in [0.05, 0.1) is 12.7 Å². The largest absolute Gasteiger partial charge is 0.381 e. The Kier molecular flexibility index (Phi) is 5.46. The Morgan fingerprint density at radius 1 is 1.17 bits per heavy atom. The maximum absolute atomic E-state index is 6.21. The Hall–Kier alpha value is -0.120. The van der Waals surface area contributed by atoms with Crippen LogP contribution >= 0.6 is 0 Å². The van der Waals surface area contributed by atoms with Crippen molar-refractivity contribution in [1.29, 1.82) is 0 Å². The van der Waals surface area contributed by atoms with Gasteiger partial charge in [0.25, 0.3) is 0 Å². The number of rotatable bonds is 4. The van der Waals surface area contributed by atoms with Crippen LogP contribution in [0.5, 0.6) is 0 Å². The number of ether oxygens (including phenoxy) is 2. The zero-order valence-electron chi connectivity index (χ0n) is 11.9. The van der Waals surface area contributed by atoms with Gasteiger partial charge in [-0.05, 0) is 49.9 Å². The summed E-state index contributed by atoms with van der Waals surface area (Å²) in [7, 11) is 0. The van der Waals surface area contributed by atoms with Gasteiger partial charge < -0.3 is 15.2 Å². The van der Waals surface area contributed by atoms with E-state index in [1.807, 2.05) is 0 Å². The molecular formula is C15H29NO2. The third-order valence-electron chi connectivity index (χ3n) is 4.71. The van der Waals surface area contributed by atoms with Crippen molar-refractivity contribution < 1.29 is 9.47 Å². The third-order valence-corrected chi connectivity index (χ3v) is 4.71. The van der Waals surface area contributed by atoms with Crippen LogP contribution in [0.1, 0.15) is 46.0 Å². The van der Waals surface area contributed by atoms with E-state index in [2.05, 4.69) is 13.8 Å². The molecule has 0 aromatic rings. The molecule has 18 heavy (non-hydrogen) atoms. The van der Waals surface area contributed by atoms with Gasteiger partial charge in [-0.3, -0.25) is 0 Å². The van der Waals surface area contributed by atoms with Crippen molar-refractivity contribution in [2.24, 2.45) is 23.5 Å². The summed E-state index contributed by atoms with van der Waals surface area (Å²) in [5, 5.41) is 0. The summed E-state index contributed by atoms with van der Waals surface area (Å²) >= 11 is 0. The first kappa shape index (κ1) is 14.3. The minimum Gasteiger partial charge on any atom is -0.381 e. The first-order valence-electron chi connectivity index (χ1n) is 7.61. The molecule has 0 spiro atoms. The fourth-order valence-electron chi connectivity index (χ4n) is 3.15. The second-order valence-electron chi connectivity index (χ2n) is 6.41. The molecule has 106 valence electrons. The second-order valence-corrected chi connectivity index (χ2v) is 6.41. The predicted octanol–water partition coefficient (Wildman–Crippen LogP) is 2.58. The van der Waals surface area contributed by atoms with Gasteiger partial charge in [-0.15, -0.1) is 0 Å². The zero-order chi connectivity index (χ0) is 13.0. The summed E-state index contributed by atoms with van der Waals surface area (Å²) in [6.07, 6.45) is 6.14. The van der Waals surface area contributed by atoms with Gasteiger partial charge in [-0.25, -0.2) is 0 Å². The van der Waals surface area contributed by atoms with Crippen LogP contribution in [0.2, 0.25) is 0 Å². The Labute approximate surface area is 111 Å². The van der Waals surface area contributed by atoms with Gasteiger partial charge >= 0.3 is 0 Å². The smallest absolute Gasteiger partial charge is 0.0728 e. The topological polar surface area (TPSA) is 44.5 Å². The van der Waals surface area contributed by atoms with E-state index < -0.39 is 0 Å². The van der Waals surface area contributed by atoms with Crippen molar-refractivity contribution >= 4 is 0 Å². The molecule has 0 amide bonds. The first-order valence-corrected chi connectivity index (χ1v) is 7.61. The molecule has 1 heterocycles. The SMILES string of the molecule is CC(C)C1CCC(N)C(OCC2CCOCC2)C1. The summed E-state index contributed by atoms with van der Waals surface area (Å²) in [4.78, 5) is 0. The molecule has 2 aliphatic rings. The molecular weight excluding hydrogens is 226 g/mol. The van der Waals surface area contributed by atoms with Gasteiger partial charge in [0.1, 0.15) is 0 Å². The molecule has 3 heteroatoms. The van der Waals surface area contributed by atoms with E-state index in [9.17, 15) is 0 Å². The number of nitrogens with two attached hydrogens (primary N) is 1. The lowest BCUT2D eigenvalue weighted by atomic mass is 9.78. The van der Waals surface area contributed by atoms with Crippen molar-refractivity contribution in [3.8, 4) is 0 Å². The molecule has 0 aromatic heterocycles. The van der Waals surface area contributed by atoms with E-state index in [1.54, 1.807) is 0 Å². The molecule has 2 N–H and O–H groups in total. The quantitative estimate of drug-likeness (QED) is 0.839. The Balaban J connectivity index is 1.75. The van der Waals surface area contributed by atoms with Crippen LogP contribution in [0, 0.1) is 17.8 Å². The Bertz CT molecular complexity index is 239. The number of hydrogen-bond acceptors (Lipinski definition) is 3. The van der Waals surface area contributed by atoms with Crippen LogP contribution in [0.3, 0.4) is 0 Å². The number of hydrogen-bond donors (Lipinski definition) is 1. The molecule has 0 bridgehead atoms. The van der Waals surface area contributed by atoms with Gasteiger partial charge in [0, 0.05) is 19.3 Å². The van der Waals surface area contributed by atoms with E-state index in [1.165, 1.54) is 6.42 Å². The maximum Gasteiger partial charge on any atom is 0.0728 e. The normalized spacial score (nSPS) is 35.0.